The van der Waals surface area contributed by atoms with Crippen molar-refractivity contribution >= 4 is 5.91 Å². The Morgan fingerprint density at radius 1 is 1.09 bits per heavy atom. The lowest BCUT2D eigenvalue weighted by Crippen LogP contribution is -2.30. The van der Waals surface area contributed by atoms with Crippen LogP contribution in [0.3, 0.4) is 0 Å². The number of benzene rings is 1. The summed E-state index contributed by atoms with van der Waals surface area (Å²) >= 11 is 0. The minimum Gasteiger partial charge on any atom is -0.381 e. The number of carbonyl (C=O) groups is 1. The summed E-state index contributed by atoms with van der Waals surface area (Å²) in [4.78, 5) is 20.3. The summed E-state index contributed by atoms with van der Waals surface area (Å²) in [6.45, 7) is 7.31. The van der Waals surface area contributed by atoms with Crippen LogP contribution in [0.5, 0.6) is 0 Å². The number of aryl methyl sites for hydroxylation is 1. The maximum Gasteiger partial charge on any atom is 0.255 e. The van der Waals surface area contributed by atoms with Gasteiger partial charge in [0, 0.05) is 62.5 Å². The molecule has 5 rings (SSSR count). The van der Waals surface area contributed by atoms with E-state index in [1.54, 1.807) is 0 Å². The minimum atomic E-state index is 0.133. The zero-order valence-electron chi connectivity index (χ0n) is 19.3. The third kappa shape index (κ3) is 3.66. The molecule has 0 radical (unpaired) electrons. The Morgan fingerprint density at radius 2 is 1.84 bits per heavy atom. The Morgan fingerprint density at radius 3 is 2.59 bits per heavy atom. The van der Waals surface area contributed by atoms with Crippen molar-refractivity contribution in [3.05, 3.63) is 65.4 Å². The normalized spacial score (nSPS) is 19.6. The number of hydrogen-bond acceptors (Lipinski definition) is 3. The van der Waals surface area contributed by atoms with Gasteiger partial charge in [0.2, 0.25) is 0 Å². The van der Waals surface area contributed by atoms with Gasteiger partial charge < -0.3 is 18.8 Å². The molecule has 1 amide bonds. The van der Waals surface area contributed by atoms with E-state index in [1.807, 2.05) is 43.3 Å². The van der Waals surface area contributed by atoms with Crippen LogP contribution in [0.1, 0.15) is 58.8 Å². The average molecular weight is 433 g/mol. The van der Waals surface area contributed by atoms with E-state index in [1.165, 1.54) is 11.5 Å². The van der Waals surface area contributed by atoms with Crippen LogP contribution in [0.2, 0.25) is 0 Å². The second-order valence-corrected chi connectivity index (χ2v) is 9.16. The van der Waals surface area contributed by atoms with Crippen molar-refractivity contribution < 1.29 is 9.53 Å². The van der Waals surface area contributed by atoms with E-state index in [-0.39, 0.29) is 11.9 Å². The molecule has 2 saturated heterocycles. The van der Waals surface area contributed by atoms with Crippen LogP contribution in [0.15, 0.2) is 42.6 Å². The molecule has 0 N–H and O–H groups in total. The van der Waals surface area contributed by atoms with Crippen molar-refractivity contribution in [2.75, 3.05) is 26.3 Å². The number of rotatable bonds is 4. The predicted molar refractivity (Wildman–Crippen MR) is 125 cm³/mol. The molecule has 0 saturated carbocycles. The average Bonchev–Trinajstić information content (AvgIpc) is 3.53. The van der Waals surface area contributed by atoms with Gasteiger partial charge >= 0.3 is 0 Å². The van der Waals surface area contributed by atoms with E-state index in [2.05, 4.69) is 34.3 Å². The fourth-order valence-corrected chi connectivity index (χ4v) is 5.31. The number of nitrogens with zero attached hydrogens (tertiary/aromatic N) is 4. The second kappa shape index (κ2) is 8.58. The van der Waals surface area contributed by atoms with Crippen molar-refractivity contribution in [2.24, 2.45) is 7.05 Å². The van der Waals surface area contributed by atoms with Gasteiger partial charge in [-0.2, -0.15) is 0 Å². The van der Waals surface area contributed by atoms with Gasteiger partial charge in [-0.05, 0) is 44.7 Å². The van der Waals surface area contributed by atoms with Crippen LogP contribution >= 0.6 is 0 Å². The van der Waals surface area contributed by atoms with E-state index in [0.29, 0.717) is 5.92 Å². The number of ether oxygens (including phenoxy) is 1. The molecule has 2 aromatic heterocycles. The van der Waals surface area contributed by atoms with E-state index in [4.69, 9.17) is 9.72 Å². The highest BCUT2D eigenvalue weighted by molar-refractivity contribution is 5.97. The summed E-state index contributed by atoms with van der Waals surface area (Å²) < 4.78 is 10.1. The maximum atomic E-state index is 13.5. The molecule has 0 aliphatic carbocycles. The maximum absolute atomic E-state index is 13.5. The molecule has 6 nitrogen and oxygen atoms in total. The van der Waals surface area contributed by atoms with E-state index in [9.17, 15) is 4.79 Å². The largest absolute Gasteiger partial charge is 0.381 e. The third-order valence-electron chi connectivity index (χ3n) is 7.25. The topological polar surface area (TPSA) is 52.3 Å². The summed E-state index contributed by atoms with van der Waals surface area (Å²) in [7, 11) is 2.04. The summed E-state index contributed by atoms with van der Waals surface area (Å²) in [5.74, 6) is 1.76. The smallest absolute Gasteiger partial charge is 0.255 e. The first-order valence-corrected chi connectivity index (χ1v) is 11.7. The fraction of sp³-hybridized carbons (Fsp3) is 0.462. The number of imidazole rings is 1. The lowest BCUT2D eigenvalue weighted by atomic mass is 9.99. The van der Waals surface area contributed by atoms with Crippen molar-refractivity contribution in [3.63, 3.8) is 0 Å². The van der Waals surface area contributed by atoms with Crippen molar-refractivity contribution in [1.82, 2.24) is 19.0 Å². The first-order valence-electron chi connectivity index (χ1n) is 11.7. The Kier molecular flexibility index (Phi) is 5.64. The molecule has 0 bridgehead atoms. The number of aromatic nitrogens is 3. The van der Waals surface area contributed by atoms with Crippen LogP contribution < -0.4 is 0 Å². The molecule has 3 aromatic rings. The molecule has 0 spiro atoms. The molecule has 6 heteroatoms. The molecule has 2 aliphatic rings. The first kappa shape index (κ1) is 21.0. The zero-order valence-corrected chi connectivity index (χ0v) is 19.3. The zero-order chi connectivity index (χ0) is 22.2. The number of amides is 1. The Hall–Kier alpha value is -2.86. The predicted octanol–water partition coefficient (Wildman–Crippen LogP) is 4.49. The number of carbonyl (C=O) groups excluding carboxylic acids is 1. The molecular formula is C26H32N4O2. The summed E-state index contributed by atoms with van der Waals surface area (Å²) in [5, 5.41) is 0. The minimum absolute atomic E-state index is 0.133. The lowest BCUT2D eigenvalue weighted by Gasteiger charge is -2.26. The van der Waals surface area contributed by atoms with Gasteiger partial charge in [0.05, 0.1) is 11.6 Å². The molecule has 32 heavy (non-hydrogen) atoms. The van der Waals surface area contributed by atoms with Crippen LogP contribution in [-0.2, 0) is 11.8 Å². The van der Waals surface area contributed by atoms with Crippen molar-refractivity contribution in [3.8, 4) is 11.3 Å². The van der Waals surface area contributed by atoms with E-state index < -0.39 is 0 Å². The molecule has 168 valence electrons. The van der Waals surface area contributed by atoms with Crippen LogP contribution in [-0.4, -0.2) is 51.2 Å². The molecule has 2 fully saturated rings. The Labute approximate surface area is 189 Å². The molecule has 1 aromatic carbocycles. The Balaban J connectivity index is 1.37. The highest BCUT2D eigenvalue weighted by Crippen LogP contribution is 2.33. The van der Waals surface area contributed by atoms with E-state index >= 15 is 0 Å². The SMILES string of the molecule is Cc1c(C(=O)N2CCC(n3c(C)cnc3C3CCOCC3)C2)cc(-c2ccccc2)n1C. The monoisotopic (exact) mass is 432 g/mol. The molecular weight excluding hydrogens is 400 g/mol. The second-order valence-electron chi connectivity index (χ2n) is 9.16. The highest BCUT2D eigenvalue weighted by atomic mass is 16.5. The van der Waals surface area contributed by atoms with Crippen molar-refractivity contribution in [1.29, 1.82) is 0 Å². The van der Waals surface area contributed by atoms with Crippen LogP contribution in [0.4, 0.5) is 0 Å². The van der Waals surface area contributed by atoms with Gasteiger partial charge in [0.15, 0.2) is 0 Å². The summed E-state index contributed by atoms with van der Waals surface area (Å²) in [6.07, 6.45) is 5.01. The van der Waals surface area contributed by atoms with Crippen molar-refractivity contribution in [2.45, 2.75) is 45.1 Å². The fourth-order valence-electron chi connectivity index (χ4n) is 5.31. The summed E-state index contributed by atoms with van der Waals surface area (Å²) in [6, 6.07) is 12.6. The van der Waals surface area contributed by atoms with Crippen LogP contribution in [0, 0.1) is 13.8 Å². The molecule has 2 aliphatic heterocycles. The lowest BCUT2D eigenvalue weighted by molar-refractivity contribution is 0.0783. The molecule has 1 unspecified atom stereocenters. The highest BCUT2D eigenvalue weighted by Gasteiger charge is 2.33. The first-order chi connectivity index (χ1) is 15.5. The van der Waals surface area contributed by atoms with Gasteiger partial charge in [-0.25, -0.2) is 4.98 Å². The van der Waals surface area contributed by atoms with Gasteiger partial charge in [-0.3, -0.25) is 4.79 Å². The third-order valence-corrected chi connectivity index (χ3v) is 7.25. The van der Waals surface area contributed by atoms with Crippen LogP contribution in [0.25, 0.3) is 11.3 Å². The number of likely N-dealkylation sites (tertiary alicyclic amines) is 1. The standard InChI is InChI=1S/C26H32N4O2/c1-18-16-27-25(21-10-13-32-14-11-21)30(18)22-9-12-29(17-22)26(31)23-15-24(28(3)19(23)2)20-7-5-4-6-8-20/h4-8,15-16,21-22H,9-14,17H2,1-3H3. The molecule has 1 atom stereocenters. The van der Waals surface area contributed by atoms with Gasteiger partial charge in [-0.15, -0.1) is 0 Å². The van der Waals surface area contributed by atoms with Gasteiger partial charge in [0.1, 0.15) is 5.82 Å². The Bertz CT molecular complexity index is 1110. The van der Waals surface area contributed by atoms with E-state index in [0.717, 1.165) is 68.1 Å². The van der Waals surface area contributed by atoms with Gasteiger partial charge in [-0.1, -0.05) is 30.3 Å². The summed E-state index contributed by atoms with van der Waals surface area (Å²) in [5.41, 5.74) is 5.21. The quantitative estimate of drug-likeness (QED) is 0.611. The number of hydrogen-bond donors (Lipinski definition) is 0. The van der Waals surface area contributed by atoms with Gasteiger partial charge in [0.25, 0.3) is 5.91 Å². The molecule has 4 heterocycles.